The number of hydrogen-bond acceptors (Lipinski definition) is 4. The predicted molar refractivity (Wildman–Crippen MR) is 106 cm³/mol. The van der Waals surface area contributed by atoms with Gasteiger partial charge in [0.15, 0.2) is 6.29 Å². The van der Waals surface area contributed by atoms with E-state index in [1.807, 2.05) is 24.3 Å². The van der Waals surface area contributed by atoms with Crippen LogP contribution in [0.4, 0.5) is 0 Å². The van der Waals surface area contributed by atoms with E-state index in [1.54, 1.807) is 6.92 Å². The molecule has 0 amide bonds. The Kier molecular flexibility index (Phi) is 7.06. The summed E-state index contributed by atoms with van der Waals surface area (Å²) in [5.74, 6) is 0. The highest BCUT2D eigenvalue weighted by Gasteiger charge is 2.22. The third-order valence-corrected chi connectivity index (χ3v) is 5.06. The molecule has 3 rings (SSSR count). The van der Waals surface area contributed by atoms with Crippen LogP contribution in [0, 0.1) is 0 Å². The van der Waals surface area contributed by atoms with Gasteiger partial charge in [-0.15, -0.1) is 0 Å². The lowest BCUT2D eigenvalue weighted by molar-refractivity contribution is -0.0917. The molecule has 0 aromatic heterocycles. The molecule has 1 heterocycles. The topological polar surface area (TPSA) is 44.7 Å². The minimum absolute atomic E-state index is 0.447. The Morgan fingerprint density at radius 3 is 2.46 bits per heavy atom. The standard InChI is InChI=1S/C21H27ClN2O2/c1-16(25)26-13-12-24-11-10-23-15-21(24)14-17-2-4-18(5-3-17)19-6-8-20(22)9-7-19/h2-9,16,21,23,25H,10-15H2,1H3. The second kappa shape index (κ2) is 9.49. The van der Waals surface area contributed by atoms with Gasteiger partial charge in [0, 0.05) is 37.2 Å². The third-order valence-electron chi connectivity index (χ3n) is 4.81. The minimum Gasteiger partial charge on any atom is -0.368 e. The zero-order valence-electron chi connectivity index (χ0n) is 15.2. The Hall–Kier alpha value is -1.43. The SMILES string of the molecule is CC(O)OCCN1CCNCC1Cc1ccc(-c2ccc(Cl)cc2)cc1. The number of halogens is 1. The van der Waals surface area contributed by atoms with Gasteiger partial charge in [-0.05, 0) is 42.2 Å². The summed E-state index contributed by atoms with van der Waals surface area (Å²) in [7, 11) is 0. The largest absolute Gasteiger partial charge is 0.368 e. The molecule has 140 valence electrons. The lowest BCUT2D eigenvalue weighted by Gasteiger charge is -2.36. The van der Waals surface area contributed by atoms with Gasteiger partial charge in [0.2, 0.25) is 0 Å². The summed E-state index contributed by atoms with van der Waals surface area (Å²) in [6.45, 7) is 6.05. The molecule has 4 nitrogen and oxygen atoms in total. The Balaban J connectivity index is 1.60. The zero-order chi connectivity index (χ0) is 18.4. The molecule has 1 aliphatic rings. The van der Waals surface area contributed by atoms with Gasteiger partial charge in [0.1, 0.15) is 0 Å². The molecule has 0 saturated carbocycles. The van der Waals surface area contributed by atoms with Crippen molar-refractivity contribution in [2.24, 2.45) is 0 Å². The van der Waals surface area contributed by atoms with Gasteiger partial charge < -0.3 is 15.2 Å². The molecule has 26 heavy (non-hydrogen) atoms. The quantitative estimate of drug-likeness (QED) is 0.731. The van der Waals surface area contributed by atoms with Gasteiger partial charge in [0.25, 0.3) is 0 Å². The summed E-state index contributed by atoms with van der Waals surface area (Å²) < 4.78 is 5.30. The van der Waals surface area contributed by atoms with Crippen molar-refractivity contribution in [2.75, 3.05) is 32.8 Å². The third kappa shape index (κ3) is 5.53. The van der Waals surface area contributed by atoms with Crippen LogP contribution < -0.4 is 5.32 Å². The van der Waals surface area contributed by atoms with E-state index in [1.165, 1.54) is 16.7 Å². The maximum Gasteiger partial charge on any atom is 0.151 e. The molecular formula is C21H27ClN2O2. The first-order valence-corrected chi connectivity index (χ1v) is 9.59. The van der Waals surface area contributed by atoms with E-state index in [2.05, 4.69) is 34.5 Å². The first-order chi connectivity index (χ1) is 12.6. The van der Waals surface area contributed by atoms with Crippen molar-refractivity contribution in [2.45, 2.75) is 25.7 Å². The van der Waals surface area contributed by atoms with Gasteiger partial charge in [0.05, 0.1) is 6.61 Å². The van der Waals surface area contributed by atoms with Crippen molar-refractivity contribution in [3.8, 4) is 11.1 Å². The Morgan fingerprint density at radius 2 is 1.81 bits per heavy atom. The van der Waals surface area contributed by atoms with Gasteiger partial charge in [-0.3, -0.25) is 4.90 Å². The van der Waals surface area contributed by atoms with Crippen molar-refractivity contribution in [3.05, 3.63) is 59.1 Å². The molecule has 1 saturated heterocycles. The number of aliphatic hydroxyl groups is 1. The fourth-order valence-corrected chi connectivity index (χ4v) is 3.51. The van der Waals surface area contributed by atoms with Crippen LogP contribution in [0.5, 0.6) is 0 Å². The number of nitrogens with one attached hydrogen (secondary N) is 1. The molecule has 0 spiro atoms. The molecule has 1 aliphatic heterocycles. The molecule has 0 aliphatic carbocycles. The van der Waals surface area contributed by atoms with E-state index in [9.17, 15) is 5.11 Å². The number of aliphatic hydroxyl groups excluding tert-OH is 1. The maximum atomic E-state index is 9.26. The van der Waals surface area contributed by atoms with Crippen LogP contribution in [0.15, 0.2) is 48.5 Å². The van der Waals surface area contributed by atoms with E-state index in [0.29, 0.717) is 12.6 Å². The lowest BCUT2D eigenvalue weighted by atomic mass is 9.99. The number of rotatable bonds is 7. The molecule has 2 aromatic rings. The van der Waals surface area contributed by atoms with E-state index >= 15 is 0 Å². The second-order valence-electron chi connectivity index (χ2n) is 6.77. The van der Waals surface area contributed by atoms with Crippen LogP contribution in [-0.2, 0) is 11.2 Å². The number of ether oxygens (including phenoxy) is 1. The summed E-state index contributed by atoms with van der Waals surface area (Å²) in [6.07, 6.45) is 0.305. The summed E-state index contributed by atoms with van der Waals surface area (Å²) in [5.41, 5.74) is 3.71. The summed E-state index contributed by atoms with van der Waals surface area (Å²) in [4.78, 5) is 2.45. The summed E-state index contributed by atoms with van der Waals surface area (Å²) in [5, 5.41) is 13.5. The van der Waals surface area contributed by atoms with Crippen LogP contribution in [0.3, 0.4) is 0 Å². The van der Waals surface area contributed by atoms with E-state index < -0.39 is 6.29 Å². The van der Waals surface area contributed by atoms with Crippen molar-refractivity contribution < 1.29 is 9.84 Å². The number of hydrogen-bond donors (Lipinski definition) is 2. The number of nitrogens with zero attached hydrogens (tertiary/aromatic N) is 1. The molecule has 2 N–H and O–H groups in total. The first-order valence-electron chi connectivity index (χ1n) is 9.21. The second-order valence-corrected chi connectivity index (χ2v) is 7.21. The number of piperazine rings is 1. The average molecular weight is 375 g/mol. The highest BCUT2D eigenvalue weighted by molar-refractivity contribution is 6.30. The Bertz CT molecular complexity index is 673. The van der Waals surface area contributed by atoms with Crippen LogP contribution in [0.1, 0.15) is 12.5 Å². The van der Waals surface area contributed by atoms with Crippen LogP contribution in [0.2, 0.25) is 5.02 Å². The Morgan fingerprint density at radius 1 is 1.15 bits per heavy atom. The highest BCUT2D eigenvalue weighted by Crippen LogP contribution is 2.22. The maximum absolute atomic E-state index is 9.26. The lowest BCUT2D eigenvalue weighted by Crippen LogP contribution is -2.53. The van der Waals surface area contributed by atoms with E-state index in [-0.39, 0.29) is 0 Å². The molecule has 0 bridgehead atoms. The number of benzene rings is 2. The predicted octanol–water partition coefficient (Wildman–Crippen LogP) is 3.18. The van der Waals surface area contributed by atoms with E-state index in [4.69, 9.17) is 16.3 Å². The van der Waals surface area contributed by atoms with Gasteiger partial charge >= 0.3 is 0 Å². The van der Waals surface area contributed by atoms with Gasteiger partial charge in [-0.2, -0.15) is 0 Å². The normalized spacial score (nSPS) is 19.4. The van der Waals surface area contributed by atoms with Crippen LogP contribution in [0.25, 0.3) is 11.1 Å². The van der Waals surface area contributed by atoms with Crippen molar-refractivity contribution in [1.29, 1.82) is 0 Å². The smallest absolute Gasteiger partial charge is 0.151 e. The highest BCUT2D eigenvalue weighted by atomic mass is 35.5. The molecule has 2 aromatic carbocycles. The van der Waals surface area contributed by atoms with Crippen molar-refractivity contribution in [1.82, 2.24) is 10.2 Å². The molecular weight excluding hydrogens is 348 g/mol. The fraction of sp³-hybridized carbons (Fsp3) is 0.429. The van der Waals surface area contributed by atoms with Crippen LogP contribution in [-0.4, -0.2) is 55.1 Å². The average Bonchev–Trinajstić information content (AvgIpc) is 2.64. The molecule has 0 radical (unpaired) electrons. The molecule has 2 atom stereocenters. The monoisotopic (exact) mass is 374 g/mol. The fourth-order valence-electron chi connectivity index (χ4n) is 3.39. The molecule has 1 fully saturated rings. The molecule has 2 unspecified atom stereocenters. The molecule has 5 heteroatoms. The van der Waals surface area contributed by atoms with Gasteiger partial charge in [-0.25, -0.2) is 0 Å². The van der Waals surface area contributed by atoms with Crippen LogP contribution >= 0.6 is 11.6 Å². The van der Waals surface area contributed by atoms with Gasteiger partial charge in [-0.1, -0.05) is 48.0 Å². The minimum atomic E-state index is -0.697. The van der Waals surface area contributed by atoms with E-state index in [0.717, 1.165) is 37.6 Å². The summed E-state index contributed by atoms with van der Waals surface area (Å²) in [6, 6.07) is 17.2. The first kappa shape index (κ1) is 19.3. The Labute approximate surface area is 160 Å². The van der Waals surface area contributed by atoms with Crippen molar-refractivity contribution in [3.63, 3.8) is 0 Å². The summed E-state index contributed by atoms with van der Waals surface area (Å²) >= 11 is 5.97. The zero-order valence-corrected chi connectivity index (χ0v) is 16.0. The van der Waals surface area contributed by atoms with Crippen molar-refractivity contribution >= 4 is 11.6 Å².